The zero-order valence-corrected chi connectivity index (χ0v) is 22.1. The maximum absolute atomic E-state index is 15.0. The molecule has 2 aromatic heterocycles. The number of rotatable bonds is 6. The topological polar surface area (TPSA) is 124 Å². The molecule has 0 radical (unpaired) electrons. The zero-order chi connectivity index (χ0) is 30.3. The molecule has 0 saturated carbocycles. The SMILES string of the molecule is COc1cc(-c2cc(C(F)(F)F)c3c(N)ncnn23)cc(C(=O)N[C@@H]2CN(C(=O)c3ccccc3F)C[C@@H]2F)c1OC. The molecule has 1 aliphatic rings. The summed E-state index contributed by atoms with van der Waals surface area (Å²) in [5, 5.41) is 6.42. The first-order valence-corrected chi connectivity index (χ1v) is 12.4. The van der Waals surface area contributed by atoms with Gasteiger partial charge in [0, 0.05) is 12.1 Å². The number of carbonyl (C=O) groups is 2. The Bertz CT molecular complexity index is 1690. The fourth-order valence-corrected chi connectivity index (χ4v) is 4.89. The summed E-state index contributed by atoms with van der Waals surface area (Å²) in [7, 11) is 2.51. The summed E-state index contributed by atoms with van der Waals surface area (Å²) in [6, 6.07) is 7.48. The monoisotopic (exact) mass is 590 g/mol. The summed E-state index contributed by atoms with van der Waals surface area (Å²) in [4.78, 5) is 31.0. The van der Waals surface area contributed by atoms with Crippen molar-refractivity contribution in [2.24, 2.45) is 0 Å². The van der Waals surface area contributed by atoms with E-state index in [0.717, 1.165) is 27.9 Å². The first-order chi connectivity index (χ1) is 19.9. The number of alkyl halides is 4. The smallest absolute Gasteiger partial charge is 0.418 e. The number of hydrogen-bond donors (Lipinski definition) is 2. The van der Waals surface area contributed by atoms with Crippen LogP contribution in [0.15, 0.2) is 48.8 Å². The van der Waals surface area contributed by atoms with Gasteiger partial charge in [-0.15, -0.1) is 0 Å². The number of carbonyl (C=O) groups excluding carboxylic acids is 2. The van der Waals surface area contributed by atoms with E-state index < -0.39 is 59.5 Å². The fourth-order valence-electron chi connectivity index (χ4n) is 4.89. The summed E-state index contributed by atoms with van der Waals surface area (Å²) in [5.41, 5.74) is 3.72. The second-order valence-electron chi connectivity index (χ2n) is 9.39. The summed E-state index contributed by atoms with van der Waals surface area (Å²) < 4.78 is 82.3. The van der Waals surface area contributed by atoms with Gasteiger partial charge in [-0.1, -0.05) is 12.1 Å². The lowest BCUT2D eigenvalue weighted by Gasteiger charge is -2.19. The van der Waals surface area contributed by atoms with Crippen LogP contribution in [-0.2, 0) is 6.18 Å². The lowest BCUT2D eigenvalue weighted by atomic mass is 10.0. The summed E-state index contributed by atoms with van der Waals surface area (Å²) in [6.07, 6.45) is -5.51. The van der Waals surface area contributed by atoms with Crippen LogP contribution in [-0.4, -0.2) is 70.8 Å². The molecule has 15 heteroatoms. The van der Waals surface area contributed by atoms with Crippen LogP contribution >= 0.6 is 0 Å². The predicted molar refractivity (Wildman–Crippen MR) is 139 cm³/mol. The Morgan fingerprint density at radius 3 is 2.48 bits per heavy atom. The van der Waals surface area contributed by atoms with Gasteiger partial charge in [-0.05, 0) is 30.3 Å². The number of hydrogen-bond acceptors (Lipinski definition) is 7. The summed E-state index contributed by atoms with van der Waals surface area (Å²) in [6.45, 7) is -0.649. The number of nitrogens with zero attached hydrogens (tertiary/aromatic N) is 4. The van der Waals surface area contributed by atoms with E-state index in [9.17, 15) is 31.5 Å². The number of amides is 2. The maximum atomic E-state index is 15.0. The van der Waals surface area contributed by atoms with E-state index in [4.69, 9.17) is 15.2 Å². The average Bonchev–Trinajstić information content (AvgIpc) is 3.54. The molecule has 0 aliphatic carbocycles. The Morgan fingerprint density at radius 2 is 1.81 bits per heavy atom. The van der Waals surface area contributed by atoms with E-state index in [1.54, 1.807) is 0 Å². The van der Waals surface area contributed by atoms with Crippen LogP contribution in [0.2, 0.25) is 0 Å². The third-order valence-corrected chi connectivity index (χ3v) is 6.86. The molecule has 42 heavy (non-hydrogen) atoms. The minimum absolute atomic E-state index is 0.00901. The Balaban J connectivity index is 1.50. The highest BCUT2D eigenvalue weighted by atomic mass is 19.4. The van der Waals surface area contributed by atoms with Crippen molar-refractivity contribution in [3.63, 3.8) is 0 Å². The number of methoxy groups -OCH3 is 2. The molecule has 1 saturated heterocycles. The minimum atomic E-state index is -4.80. The molecule has 4 aromatic rings. The largest absolute Gasteiger partial charge is 0.493 e. The highest BCUT2D eigenvalue weighted by molar-refractivity contribution is 6.00. The van der Waals surface area contributed by atoms with Gasteiger partial charge in [-0.2, -0.15) is 18.3 Å². The van der Waals surface area contributed by atoms with Crippen LogP contribution in [0.4, 0.5) is 27.8 Å². The number of anilines is 1. The predicted octanol–water partition coefficient (Wildman–Crippen LogP) is 3.75. The number of fused-ring (bicyclic) bond motifs is 1. The molecule has 220 valence electrons. The van der Waals surface area contributed by atoms with Gasteiger partial charge in [0.15, 0.2) is 17.3 Å². The third-order valence-electron chi connectivity index (χ3n) is 6.86. The Morgan fingerprint density at radius 1 is 1.07 bits per heavy atom. The van der Waals surface area contributed by atoms with E-state index in [1.165, 1.54) is 44.6 Å². The summed E-state index contributed by atoms with van der Waals surface area (Å²) >= 11 is 0. The Hall–Kier alpha value is -4.95. The fraction of sp³-hybridized carbons (Fsp3) is 0.259. The van der Waals surface area contributed by atoms with Gasteiger partial charge in [0.2, 0.25) is 0 Å². The van der Waals surface area contributed by atoms with Crippen molar-refractivity contribution < 1.29 is 41.0 Å². The van der Waals surface area contributed by atoms with Gasteiger partial charge < -0.3 is 25.4 Å². The van der Waals surface area contributed by atoms with Crippen LogP contribution in [0.1, 0.15) is 26.3 Å². The molecule has 1 aliphatic heterocycles. The first-order valence-electron chi connectivity index (χ1n) is 12.4. The molecule has 0 spiro atoms. The average molecular weight is 591 g/mol. The standard InChI is InChI=1S/C27H23F5N6O4/c1-41-21-8-13(20-9-16(27(30,31)32)22-24(33)34-12-35-38(20)22)7-15(23(21)42-2)25(39)36-19-11-37(10-18(19)29)26(40)14-5-3-4-6-17(14)28/h3-9,12,18-19H,10-11H2,1-2H3,(H,36,39)(H2,33,34,35)/t18-,19+/m0/s1. The first kappa shape index (κ1) is 28.6. The molecule has 3 heterocycles. The zero-order valence-electron chi connectivity index (χ0n) is 22.1. The number of likely N-dealkylation sites (tertiary alicyclic amines) is 1. The highest BCUT2D eigenvalue weighted by Gasteiger charge is 2.39. The van der Waals surface area contributed by atoms with Gasteiger partial charge in [0.05, 0.1) is 49.2 Å². The molecule has 0 bridgehead atoms. The van der Waals surface area contributed by atoms with Crippen molar-refractivity contribution >= 4 is 23.1 Å². The van der Waals surface area contributed by atoms with Gasteiger partial charge in [0.1, 0.15) is 23.8 Å². The van der Waals surface area contributed by atoms with Crippen LogP contribution in [0.5, 0.6) is 11.5 Å². The van der Waals surface area contributed by atoms with E-state index in [1.807, 2.05) is 0 Å². The second kappa shape index (κ2) is 10.8. The number of halogens is 5. The minimum Gasteiger partial charge on any atom is -0.493 e. The normalized spacial score (nSPS) is 17.0. The van der Waals surface area contributed by atoms with E-state index in [0.29, 0.717) is 0 Å². The van der Waals surface area contributed by atoms with Gasteiger partial charge in [-0.3, -0.25) is 9.59 Å². The molecule has 10 nitrogen and oxygen atoms in total. The van der Waals surface area contributed by atoms with Crippen molar-refractivity contribution in [3.05, 3.63) is 71.3 Å². The quantitative estimate of drug-likeness (QED) is 0.328. The number of nitrogens with two attached hydrogens (primary N) is 1. The molecular weight excluding hydrogens is 567 g/mol. The summed E-state index contributed by atoms with van der Waals surface area (Å²) in [5.74, 6) is -2.85. The molecular formula is C27H23F5N6O4. The molecule has 5 rings (SSSR count). The number of benzene rings is 2. The Labute approximate surface area is 234 Å². The van der Waals surface area contributed by atoms with Crippen LogP contribution in [0.3, 0.4) is 0 Å². The number of ether oxygens (including phenoxy) is 2. The maximum Gasteiger partial charge on any atom is 0.418 e. The highest BCUT2D eigenvalue weighted by Crippen LogP contribution is 2.41. The van der Waals surface area contributed by atoms with Crippen LogP contribution in [0.25, 0.3) is 16.8 Å². The van der Waals surface area contributed by atoms with Crippen molar-refractivity contribution in [1.29, 1.82) is 0 Å². The number of aromatic nitrogens is 3. The van der Waals surface area contributed by atoms with Gasteiger partial charge in [-0.25, -0.2) is 18.3 Å². The van der Waals surface area contributed by atoms with Crippen molar-refractivity contribution in [2.45, 2.75) is 18.4 Å². The van der Waals surface area contributed by atoms with Gasteiger partial charge >= 0.3 is 6.18 Å². The van der Waals surface area contributed by atoms with Crippen molar-refractivity contribution in [2.75, 3.05) is 33.0 Å². The third kappa shape index (κ3) is 5.01. The molecule has 0 unspecified atom stereocenters. The number of nitrogens with one attached hydrogen (secondary N) is 1. The van der Waals surface area contributed by atoms with Gasteiger partial charge in [0.25, 0.3) is 11.8 Å². The van der Waals surface area contributed by atoms with Crippen LogP contribution < -0.4 is 20.5 Å². The lowest BCUT2D eigenvalue weighted by Crippen LogP contribution is -2.42. The molecule has 2 aromatic carbocycles. The molecule has 3 N–H and O–H groups in total. The van der Waals surface area contributed by atoms with E-state index >= 15 is 0 Å². The van der Waals surface area contributed by atoms with Crippen LogP contribution in [0, 0.1) is 5.82 Å². The number of nitrogen functional groups attached to an aromatic ring is 1. The van der Waals surface area contributed by atoms with Crippen molar-refractivity contribution in [3.8, 4) is 22.8 Å². The molecule has 2 atom stereocenters. The molecule has 1 fully saturated rings. The van der Waals surface area contributed by atoms with Crippen molar-refractivity contribution in [1.82, 2.24) is 24.8 Å². The lowest BCUT2D eigenvalue weighted by molar-refractivity contribution is -0.136. The second-order valence-corrected chi connectivity index (χ2v) is 9.39. The van der Waals surface area contributed by atoms with E-state index in [2.05, 4.69) is 15.4 Å². The Kier molecular flexibility index (Phi) is 7.34. The molecule has 2 amide bonds. The van der Waals surface area contributed by atoms with E-state index in [-0.39, 0.29) is 40.4 Å².